The van der Waals surface area contributed by atoms with E-state index in [0.29, 0.717) is 4.34 Å². The molecule has 21 heavy (non-hydrogen) atoms. The predicted molar refractivity (Wildman–Crippen MR) is 80.0 cm³/mol. The van der Waals surface area contributed by atoms with Gasteiger partial charge in [0.2, 0.25) is 0 Å². The number of rotatable bonds is 4. The molecule has 2 rings (SSSR count). The van der Waals surface area contributed by atoms with E-state index in [1.54, 1.807) is 19.1 Å². The summed E-state index contributed by atoms with van der Waals surface area (Å²) in [6.07, 6.45) is 0. The Labute approximate surface area is 129 Å². The van der Waals surface area contributed by atoms with E-state index in [4.69, 9.17) is 11.6 Å². The molecule has 0 bridgehead atoms. The van der Waals surface area contributed by atoms with Crippen LogP contribution in [0.1, 0.15) is 28.2 Å². The summed E-state index contributed by atoms with van der Waals surface area (Å²) in [7, 11) is 0. The van der Waals surface area contributed by atoms with Gasteiger partial charge in [0.1, 0.15) is 11.3 Å². The van der Waals surface area contributed by atoms with Gasteiger partial charge in [-0.1, -0.05) is 11.6 Å². The minimum atomic E-state index is -0.666. The van der Waals surface area contributed by atoms with Crippen molar-refractivity contribution in [2.75, 3.05) is 0 Å². The second kappa shape index (κ2) is 6.11. The molecule has 1 aromatic carbocycles. The average Bonchev–Trinajstić information content (AvgIpc) is 2.85. The van der Waals surface area contributed by atoms with E-state index in [-0.39, 0.29) is 23.0 Å². The topological polar surface area (TPSA) is 92.5 Å². The maximum atomic E-state index is 12.2. The van der Waals surface area contributed by atoms with Crippen LogP contribution in [0.4, 0.5) is 5.69 Å². The van der Waals surface area contributed by atoms with E-state index in [9.17, 15) is 20.0 Å². The van der Waals surface area contributed by atoms with Crippen LogP contribution >= 0.6 is 22.9 Å². The second-order valence-electron chi connectivity index (χ2n) is 4.30. The molecule has 1 aromatic heterocycles. The van der Waals surface area contributed by atoms with Crippen molar-refractivity contribution in [1.82, 2.24) is 5.32 Å². The minimum Gasteiger partial charge on any atom is -0.508 e. The summed E-state index contributed by atoms with van der Waals surface area (Å²) < 4.78 is 0.592. The van der Waals surface area contributed by atoms with Crippen LogP contribution in [0.2, 0.25) is 4.34 Å². The van der Waals surface area contributed by atoms with Crippen LogP contribution in [0, 0.1) is 10.1 Å². The SMILES string of the molecule is CC(NC(=O)c1cc(O)ccc1[N+](=O)[O-])c1ccc(Cl)s1. The van der Waals surface area contributed by atoms with Gasteiger partial charge >= 0.3 is 0 Å². The first-order chi connectivity index (χ1) is 9.88. The molecular formula is C13H11ClN2O4S. The minimum absolute atomic E-state index is 0.186. The third kappa shape index (κ3) is 3.50. The number of phenols is 1. The number of hydrogen-bond donors (Lipinski definition) is 2. The molecule has 0 aliphatic carbocycles. The molecule has 6 nitrogen and oxygen atoms in total. The zero-order valence-corrected chi connectivity index (χ0v) is 12.4. The Bertz CT molecular complexity index is 701. The highest BCUT2D eigenvalue weighted by Gasteiger charge is 2.22. The van der Waals surface area contributed by atoms with Gasteiger partial charge in [-0.15, -0.1) is 11.3 Å². The number of nitrogens with one attached hydrogen (secondary N) is 1. The van der Waals surface area contributed by atoms with Crippen molar-refractivity contribution in [3.8, 4) is 5.75 Å². The molecule has 8 heteroatoms. The number of halogens is 1. The molecule has 2 N–H and O–H groups in total. The summed E-state index contributed by atoms with van der Waals surface area (Å²) in [5.74, 6) is -0.841. The summed E-state index contributed by atoms with van der Waals surface area (Å²) in [6, 6.07) is 6.46. The van der Waals surface area contributed by atoms with Crippen molar-refractivity contribution in [2.24, 2.45) is 0 Å². The van der Waals surface area contributed by atoms with Crippen molar-refractivity contribution < 1.29 is 14.8 Å². The molecule has 0 saturated carbocycles. The van der Waals surface area contributed by atoms with Crippen molar-refractivity contribution in [2.45, 2.75) is 13.0 Å². The third-order valence-electron chi connectivity index (χ3n) is 2.79. The van der Waals surface area contributed by atoms with E-state index in [0.717, 1.165) is 23.1 Å². The number of thiophene rings is 1. The number of benzene rings is 1. The van der Waals surface area contributed by atoms with Gasteiger partial charge in [-0.25, -0.2) is 0 Å². The number of nitrogens with zero attached hydrogens (tertiary/aromatic N) is 1. The molecular weight excluding hydrogens is 316 g/mol. The molecule has 0 fully saturated rings. The molecule has 2 aromatic rings. The molecule has 0 aliphatic heterocycles. The summed E-state index contributed by atoms with van der Waals surface area (Å²) >= 11 is 7.14. The Balaban J connectivity index is 2.24. The monoisotopic (exact) mass is 326 g/mol. The number of phenolic OH excluding ortho intramolecular Hbond substituents is 1. The number of carbonyl (C=O) groups is 1. The summed E-state index contributed by atoms with van der Waals surface area (Å²) in [5.41, 5.74) is -0.545. The fourth-order valence-corrected chi connectivity index (χ4v) is 2.83. The molecule has 1 unspecified atom stereocenters. The Hall–Kier alpha value is -2.12. The number of amides is 1. The van der Waals surface area contributed by atoms with Gasteiger partial charge < -0.3 is 10.4 Å². The molecule has 110 valence electrons. The Kier molecular flexibility index (Phi) is 4.44. The quantitative estimate of drug-likeness (QED) is 0.664. The number of nitro groups is 1. The summed E-state index contributed by atoms with van der Waals surface area (Å²) in [6.45, 7) is 1.74. The average molecular weight is 327 g/mol. The molecule has 1 amide bonds. The lowest BCUT2D eigenvalue weighted by molar-refractivity contribution is -0.385. The number of aromatic hydroxyl groups is 1. The van der Waals surface area contributed by atoms with Gasteiger partial charge in [0.15, 0.2) is 0 Å². The standard InChI is InChI=1S/C13H11ClN2O4S/c1-7(11-4-5-12(14)21-11)15-13(18)9-6-8(17)2-3-10(9)16(19)20/h2-7,17H,1H3,(H,15,18). The first-order valence-corrected chi connectivity index (χ1v) is 7.11. The highest BCUT2D eigenvalue weighted by atomic mass is 35.5. The smallest absolute Gasteiger partial charge is 0.282 e. The lowest BCUT2D eigenvalue weighted by Crippen LogP contribution is -2.26. The first-order valence-electron chi connectivity index (χ1n) is 5.92. The van der Waals surface area contributed by atoms with Crippen molar-refractivity contribution in [3.05, 3.63) is 55.2 Å². The predicted octanol–water partition coefficient (Wildman–Crippen LogP) is 3.51. The third-order valence-corrected chi connectivity index (χ3v) is 4.20. The van der Waals surface area contributed by atoms with Crippen molar-refractivity contribution in [1.29, 1.82) is 0 Å². The van der Waals surface area contributed by atoms with Gasteiger partial charge in [0.05, 0.1) is 15.3 Å². The lowest BCUT2D eigenvalue weighted by Gasteiger charge is -2.12. The Morgan fingerprint density at radius 1 is 1.43 bits per heavy atom. The van der Waals surface area contributed by atoms with Crippen molar-refractivity contribution >= 4 is 34.5 Å². The van der Waals surface area contributed by atoms with Gasteiger partial charge in [0, 0.05) is 10.9 Å². The fourth-order valence-electron chi connectivity index (χ4n) is 1.77. The van der Waals surface area contributed by atoms with Crippen LogP contribution < -0.4 is 5.32 Å². The first kappa shape index (κ1) is 15.3. The van der Waals surface area contributed by atoms with Crippen molar-refractivity contribution in [3.63, 3.8) is 0 Å². The largest absolute Gasteiger partial charge is 0.508 e. The van der Waals surface area contributed by atoms with E-state index in [1.807, 2.05) is 0 Å². The molecule has 0 radical (unpaired) electrons. The zero-order chi connectivity index (χ0) is 15.6. The number of nitro benzene ring substituents is 1. The van der Waals surface area contributed by atoms with Gasteiger partial charge in [-0.05, 0) is 31.2 Å². The summed E-state index contributed by atoms with van der Waals surface area (Å²) in [5, 5.41) is 23.0. The maximum Gasteiger partial charge on any atom is 0.282 e. The highest BCUT2D eigenvalue weighted by molar-refractivity contribution is 7.16. The summed E-state index contributed by atoms with van der Waals surface area (Å²) in [4.78, 5) is 23.2. The lowest BCUT2D eigenvalue weighted by atomic mass is 10.1. The van der Waals surface area contributed by atoms with E-state index >= 15 is 0 Å². The van der Waals surface area contributed by atoms with Gasteiger partial charge in [0.25, 0.3) is 11.6 Å². The maximum absolute atomic E-state index is 12.2. The molecule has 1 heterocycles. The van der Waals surface area contributed by atoms with Gasteiger partial charge in [-0.3, -0.25) is 14.9 Å². The van der Waals surface area contributed by atoms with E-state index < -0.39 is 10.8 Å². The Morgan fingerprint density at radius 3 is 2.71 bits per heavy atom. The van der Waals surface area contributed by atoms with Crippen LogP contribution in [-0.2, 0) is 0 Å². The van der Waals surface area contributed by atoms with E-state index in [2.05, 4.69) is 5.32 Å². The normalized spacial score (nSPS) is 11.9. The number of hydrogen-bond acceptors (Lipinski definition) is 5. The highest BCUT2D eigenvalue weighted by Crippen LogP contribution is 2.28. The van der Waals surface area contributed by atoms with Crippen LogP contribution in [-0.4, -0.2) is 15.9 Å². The second-order valence-corrected chi connectivity index (χ2v) is 6.04. The van der Waals surface area contributed by atoms with E-state index in [1.165, 1.54) is 11.3 Å². The van der Waals surface area contributed by atoms with Gasteiger partial charge in [-0.2, -0.15) is 0 Å². The van der Waals surface area contributed by atoms with Crippen LogP contribution in [0.15, 0.2) is 30.3 Å². The molecule has 0 aliphatic rings. The number of carbonyl (C=O) groups excluding carboxylic acids is 1. The Morgan fingerprint density at radius 2 is 2.14 bits per heavy atom. The molecule has 0 saturated heterocycles. The molecule has 1 atom stereocenters. The van der Waals surface area contributed by atoms with Crippen LogP contribution in [0.3, 0.4) is 0 Å². The molecule has 0 spiro atoms. The fraction of sp³-hybridized carbons (Fsp3) is 0.154. The zero-order valence-electron chi connectivity index (χ0n) is 10.9. The van der Waals surface area contributed by atoms with Crippen LogP contribution in [0.5, 0.6) is 5.75 Å². The van der Waals surface area contributed by atoms with Crippen LogP contribution in [0.25, 0.3) is 0 Å².